The van der Waals surface area contributed by atoms with Crippen molar-refractivity contribution in [1.29, 1.82) is 0 Å². The molecule has 2 N–H and O–H groups in total. The number of carbonyl (C=O) groups is 2. The molecule has 0 radical (unpaired) electrons. The van der Waals surface area contributed by atoms with Crippen molar-refractivity contribution in [2.45, 2.75) is 33.2 Å². The molecule has 8 nitrogen and oxygen atoms in total. The number of nitrogens with one attached hydrogen (secondary N) is 1. The molecule has 1 atom stereocenters. The monoisotopic (exact) mass is 430 g/mol. The van der Waals surface area contributed by atoms with Gasteiger partial charge in [0.25, 0.3) is 5.91 Å². The lowest BCUT2D eigenvalue weighted by Gasteiger charge is -2.16. The Labute approximate surface area is 176 Å². The SMILES string of the molecule is Cc1nc(-c2coc3cc(OCC(=O)NC(CC(C)C)C(=O)O)ccc3c2=O)cs1. The molecular weight excluding hydrogens is 408 g/mol. The van der Waals surface area contributed by atoms with Crippen LogP contribution in [0.25, 0.3) is 22.2 Å². The number of carboxylic acids is 1. The van der Waals surface area contributed by atoms with Crippen LogP contribution in [0.15, 0.2) is 39.1 Å². The summed E-state index contributed by atoms with van der Waals surface area (Å²) in [5.41, 5.74) is 1.06. The molecule has 1 unspecified atom stereocenters. The zero-order valence-corrected chi connectivity index (χ0v) is 17.6. The number of thiazole rings is 1. The molecule has 158 valence electrons. The number of ether oxygens (including phenoxy) is 1. The van der Waals surface area contributed by atoms with Crippen LogP contribution >= 0.6 is 11.3 Å². The summed E-state index contributed by atoms with van der Waals surface area (Å²) in [7, 11) is 0. The molecule has 0 fully saturated rings. The highest BCUT2D eigenvalue weighted by Crippen LogP contribution is 2.24. The minimum Gasteiger partial charge on any atom is -0.484 e. The second-order valence-electron chi connectivity index (χ2n) is 7.26. The lowest BCUT2D eigenvalue weighted by molar-refractivity contribution is -0.142. The molecule has 0 saturated carbocycles. The summed E-state index contributed by atoms with van der Waals surface area (Å²) in [5, 5.41) is 14.7. The van der Waals surface area contributed by atoms with Crippen LogP contribution in [-0.4, -0.2) is 34.6 Å². The van der Waals surface area contributed by atoms with E-state index in [1.54, 1.807) is 17.5 Å². The summed E-state index contributed by atoms with van der Waals surface area (Å²) in [4.78, 5) is 40.4. The first-order valence-corrected chi connectivity index (χ1v) is 10.3. The maximum Gasteiger partial charge on any atom is 0.326 e. The molecule has 0 saturated heterocycles. The zero-order chi connectivity index (χ0) is 21.8. The minimum atomic E-state index is -1.09. The number of amides is 1. The Bertz CT molecular complexity index is 1130. The Hall–Kier alpha value is -3.20. The van der Waals surface area contributed by atoms with Crippen molar-refractivity contribution in [3.63, 3.8) is 0 Å². The van der Waals surface area contributed by atoms with E-state index in [0.29, 0.717) is 34.4 Å². The number of benzene rings is 1. The van der Waals surface area contributed by atoms with Gasteiger partial charge in [-0.2, -0.15) is 0 Å². The lowest BCUT2D eigenvalue weighted by atomic mass is 10.0. The molecule has 3 rings (SSSR count). The third-order valence-corrected chi connectivity index (χ3v) is 5.12. The number of aryl methyl sites for hydroxylation is 1. The number of fused-ring (bicyclic) bond motifs is 1. The highest BCUT2D eigenvalue weighted by Gasteiger charge is 2.21. The third kappa shape index (κ3) is 5.04. The number of rotatable bonds is 8. The van der Waals surface area contributed by atoms with Crippen molar-refractivity contribution in [1.82, 2.24) is 10.3 Å². The number of carbonyl (C=O) groups excluding carboxylic acids is 1. The molecule has 1 aromatic carbocycles. The first-order valence-electron chi connectivity index (χ1n) is 9.37. The average molecular weight is 430 g/mol. The fraction of sp³-hybridized carbons (Fsp3) is 0.333. The summed E-state index contributed by atoms with van der Waals surface area (Å²) in [5.74, 6) is -1.18. The second kappa shape index (κ2) is 9.08. The zero-order valence-electron chi connectivity index (χ0n) is 16.8. The van der Waals surface area contributed by atoms with E-state index in [0.717, 1.165) is 5.01 Å². The Balaban J connectivity index is 1.71. The number of aromatic nitrogens is 1. The highest BCUT2D eigenvalue weighted by molar-refractivity contribution is 7.09. The first-order chi connectivity index (χ1) is 14.2. The quantitative estimate of drug-likeness (QED) is 0.563. The van der Waals surface area contributed by atoms with Gasteiger partial charge in [-0.1, -0.05) is 13.8 Å². The van der Waals surface area contributed by atoms with Crippen LogP contribution in [0.2, 0.25) is 0 Å². The van der Waals surface area contributed by atoms with Gasteiger partial charge < -0.3 is 19.6 Å². The van der Waals surface area contributed by atoms with Gasteiger partial charge in [0, 0.05) is 11.4 Å². The van der Waals surface area contributed by atoms with Crippen LogP contribution in [0, 0.1) is 12.8 Å². The number of hydrogen-bond acceptors (Lipinski definition) is 7. The van der Waals surface area contributed by atoms with Crippen LogP contribution < -0.4 is 15.5 Å². The molecule has 0 spiro atoms. The van der Waals surface area contributed by atoms with Crippen molar-refractivity contribution < 1.29 is 23.8 Å². The van der Waals surface area contributed by atoms with Crippen LogP contribution in [0.3, 0.4) is 0 Å². The standard InChI is InChI=1S/C21H22N2O6S/c1-11(2)6-16(21(26)27)23-19(24)9-28-13-4-5-14-18(7-13)29-8-15(20(14)25)17-10-30-12(3)22-17/h4-5,7-8,10-11,16H,6,9H2,1-3H3,(H,23,24)(H,26,27). The molecule has 9 heteroatoms. The predicted octanol–water partition coefficient (Wildman–Crippen LogP) is 3.22. The van der Waals surface area contributed by atoms with Gasteiger partial charge in [-0.25, -0.2) is 9.78 Å². The van der Waals surface area contributed by atoms with E-state index in [2.05, 4.69) is 10.3 Å². The summed E-state index contributed by atoms with van der Waals surface area (Å²) in [6, 6.07) is 3.67. The number of carboxylic acid groups (broad SMARTS) is 1. The first kappa shape index (κ1) is 21.5. The third-order valence-electron chi connectivity index (χ3n) is 4.35. The average Bonchev–Trinajstić information content (AvgIpc) is 3.11. The summed E-state index contributed by atoms with van der Waals surface area (Å²) in [6.07, 6.45) is 1.68. The van der Waals surface area contributed by atoms with Crippen molar-refractivity contribution >= 4 is 34.2 Å². The molecule has 3 aromatic rings. The van der Waals surface area contributed by atoms with Crippen LogP contribution in [-0.2, 0) is 9.59 Å². The summed E-state index contributed by atoms with van der Waals surface area (Å²) < 4.78 is 11.0. The largest absolute Gasteiger partial charge is 0.484 e. The Kier molecular flexibility index (Phi) is 6.51. The second-order valence-corrected chi connectivity index (χ2v) is 8.33. The van der Waals surface area contributed by atoms with Gasteiger partial charge in [0.1, 0.15) is 23.6 Å². The van der Waals surface area contributed by atoms with Crippen LogP contribution in [0.1, 0.15) is 25.3 Å². The fourth-order valence-electron chi connectivity index (χ4n) is 2.94. The summed E-state index contributed by atoms with van der Waals surface area (Å²) in [6.45, 7) is 5.26. The molecule has 0 aliphatic carbocycles. The number of aliphatic carboxylic acids is 1. The highest BCUT2D eigenvalue weighted by atomic mass is 32.1. The van der Waals surface area contributed by atoms with E-state index in [4.69, 9.17) is 9.15 Å². The van der Waals surface area contributed by atoms with E-state index < -0.39 is 17.9 Å². The number of nitrogens with zero attached hydrogens (tertiary/aromatic N) is 1. The Morgan fingerprint density at radius 2 is 2.10 bits per heavy atom. The molecular formula is C21H22N2O6S. The number of hydrogen-bond donors (Lipinski definition) is 2. The fourth-order valence-corrected chi connectivity index (χ4v) is 3.55. The van der Waals surface area contributed by atoms with E-state index in [1.807, 2.05) is 20.8 Å². The van der Waals surface area contributed by atoms with Gasteiger partial charge in [0.15, 0.2) is 6.61 Å². The van der Waals surface area contributed by atoms with E-state index in [1.165, 1.54) is 23.7 Å². The molecule has 2 heterocycles. The normalized spacial score (nSPS) is 12.1. The molecule has 0 bridgehead atoms. The Morgan fingerprint density at radius 3 is 2.73 bits per heavy atom. The van der Waals surface area contributed by atoms with Crippen molar-refractivity contribution in [3.05, 3.63) is 45.1 Å². The minimum absolute atomic E-state index is 0.119. The van der Waals surface area contributed by atoms with Crippen molar-refractivity contribution in [2.75, 3.05) is 6.61 Å². The van der Waals surface area contributed by atoms with Crippen molar-refractivity contribution in [3.8, 4) is 17.0 Å². The Morgan fingerprint density at radius 1 is 1.33 bits per heavy atom. The lowest BCUT2D eigenvalue weighted by Crippen LogP contribution is -2.43. The molecule has 0 aliphatic heterocycles. The van der Waals surface area contributed by atoms with E-state index in [9.17, 15) is 19.5 Å². The smallest absolute Gasteiger partial charge is 0.326 e. The maximum atomic E-state index is 12.7. The van der Waals surface area contributed by atoms with Gasteiger partial charge in [0.2, 0.25) is 5.43 Å². The summed E-state index contributed by atoms with van der Waals surface area (Å²) >= 11 is 1.45. The van der Waals surface area contributed by atoms with E-state index >= 15 is 0 Å². The maximum absolute atomic E-state index is 12.7. The van der Waals surface area contributed by atoms with E-state index in [-0.39, 0.29) is 18.0 Å². The van der Waals surface area contributed by atoms with Gasteiger partial charge in [-0.05, 0) is 31.4 Å². The van der Waals surface area contributed by atoms with Gasteiger partial charge >= 0.3 is 5.97 Å². The van der Waals surface area contributed by atoms with Gasteiger partial charge in [0.05, 0.1) is 21.7 Å². The molecule has 30 heavy (non-hydrogen) atoms. The van der Waals surface area contributed by atoms with Crippen molar-refractivity contribution in [2.24, 2.45) is 5.92 Å². The molecule has 0 aliphatic rings. The molecule has 2 aromatic heterocycles. The van der Waals surface area contributed by atoms with Gasteiger partial charge in [-0.3, -0.25) is 9.59 Å². The predicted molar refractivity (Wildman–Crippen MR) is 113 cm³/mol. The topological polar surface area (TPSA) is 119 Å². The molecule has 1 amide bonds. The van der Waals surface area contributed by atoms with Crippen LogP contribution in [0.5, 0.6) is 5.75 Å². The van der Waals surface area contributed by atoms with Crippen LogP contribution in [0.4, 0.5) is 0 Å². The van der Waals surface area contributed by atoms with Gasteiger partial charge in [-0.15, -0.1) is 11.3 Å².